The maximum atomic E-state index is 13.2. The Balaban J connectivity index is 1.31. The molecule has 3 atom stereocenters. The highest BCUT2D eigenvalue weighted by atomic mass is 35.5. The molecular formula is C35H37ClN6O5. The van der Waals surface area contributed by atoms with Gasteiger partial charge in [0.15, 0.2) is 0 Å². The summed E-state index contributed by atoms with van der Waals surface area (Å²) < 4.78 is 7.93. The number of benzene rings is 2. The minimum atomic E-state index is -0.675. The quantitative estimate of drug-likeness (QED) is 0.255. The number of rotatable bonds is 8. The fraction of sp³-hybridized carbons (Fsp3) is 0.343. The Bertz CT molecular complexity index is 2040. The van der Waals surface area contributed by atoms with Crippen molar-refractivity contribution in [2.24, 2.45) is 14.1 Å². The molecule has 6 rings (SSSR count). The highest BCUT2D eigenvalue weighted by Gasteiger charge is 2.34. The van der Waals surface area contributed by atoms with Gasteiger partial charge >= 0.3 is 5.69 Å². The molecule has 2 unspecified atom stereocenters. The normalized spacial score (nSPS) is 18.6. The maximum Gasteiger partial charge on any atom is 0.330 e. The van der Waals surface area contributed by atoms with E-state index in [0.29, 0.717) is 35.2 Å². The molecule has 1 aliphatic carbocycles. The lowest BCUT2D eigenvalue weighted by Crippen LogP contribution is -2.40. The molecule has 1 saturated heterocycles. The largest absolute Gasteiger partial charge is 0.481 e. The average molecular weight is 657 g/mol. The summed E-state index contributed by atoms with van der Waals surface area (Å²) in [5, 5.41) is 9.98. The molecule has 4 aromatic rings. The van der Waals surface area contributed by atoms with E-state index in [1.54, 1.807) is 13.2 Å². The second kappa shape index (κ2) is 12.8. The molecule has 1 fully saturated rings. The van der Waals surface area contributed by atoms with Gasteiger partial charge in [0.2, 0.25) is 11.8 Å². The number of anilines is 1. The Labute approximate surface area is 276 Å². The number of halogens is 1. The van der Waals surface area contributed by atoms with Crippen LogP contribution in [0.1, 0.15) is 65.2 Å². The third-order valence-corrected chi connectivity index (χ3v) is 9.66. The molecule has 47 heavy (non-hydrogen) atoms. The van der Waals surface area contributed by atoms with E-state index in [1.165, 1.54) is 24.9 Å². The minimum Gasteiger partial charge on any atom is -0.481 e. The Kier molecular flexibility index (Phi) is 8.78. The summed E-state index contributed by atoms with van der Waals surface area (Å²) in [7, 11) is 4.44. The van der Waals surface area contributed by atoms with Gasteiger partial charge in [0.1, 0.15) is 5.56 Å². The number of pyridine rings is 1. The molecule has 1 aliphatic heterocycles. The topological polar surface area (TPSA) is 136 Å². The van der Waals surface area contributed by atoms with E-state index in [4.69, 9.17) is 21.3 Å². The van der Waals surface area contributed by atoms with E-state index in [9.17, 15) is 19.2 Å². The zero-order chi connectivity index (χ0) is 33.6. The highest BCUT2D eigenvalue weighted by Crippen LogP contribution is 2.47. The molecule has 0 radical (unpaired) electrons. The van der Waals surface area contributed by atoms with Crippen LogP contribution in [0, 0.1) is 6.92 Å². The Morgan fingerprint density at radius 1 is 1.11 bits per heavy atom. The number of nitrogens with zero attached hydrogens (tertiary/aromatic N) is 3. The van der Waals surface area contributed by atoms with Gasteiger partial charge in [-0.3, -0.25) is 19.0 Å². The van der Waals surface area contributed by atoms with Gasteiger partial charge in [-0.1, -0.05) is 48.9 Å². The van der Waals surface area contributed by atoms with E-state index in [0.717, 1.165) is 50.8 Å². The van der Waals surface area contributed by atoms with Crippen molar-refractivity contribution < 1.29 is 14.3 Å². The van der Waals surface area contributed by atoms with Crippen LogP contribution in [0.3, 0.4) is 0 Å². The van der Waals surface area contributed by atoms with E-state index >= 15 is 0 Å². The molecule has 0 spiro atoms. The molecular weight excluding hydrogens is 620 g/mol. The third-order valence-electron chi connectivity index (χ3n) is 9.25. The second-order valence-electron chi connectivity index (χ2n) is 12.3. The molecule has 3 heterocycles. The molecule has 2 aromatic heterocycles. The monoisotopic (exact) mass is 656 g/mol. The number of carbonyl (C=O) groups excluding carboxylic acids is 2. The van der Waals surface area contributed by atoms with Crippen LogP contribution in [0.15, 0.2) is 58.3 Å². The van der Waals surface area contributed by atoms with Crippen molar-refractivity contribution in [1.29, 1.82) is 0 Å². The first-order valence-corrected chi connectivity index (χ1v) is 15.9. The van der Waals surface area contributed by atoms with Crippen LogP contribution >= 0.6 is 11.6 Å². The number of ether oxygens (including phenoxy) is 1. The Hall–Kier alpha value is -4.74. The Morgan fingerprint density at radius 2 is 1.83 bits per heavy atom. The second-order valence-corrected chi connectivity index (χ2v) is 12.7. The summed E-state index contributed by atoms with van der Waals surface area (Å²) in [6.45, 7) is 4.74. The summed E-state index contributed by atoms with van der Waals surface area (Å²) in [6.07, 6.45) is 3.52. The van der Waals surface area contributed by atoms with Gasteiger partial charge in [0, 0.05) is 67.7 Å². The first kappa shape index (κ1) is 32.2. The lowest BCUT2D eigenvalue weighted by Gasteiger charge is -2.20. The lowest BCUT2D eigenvalue weighted by atomic mass is 9.95. The van der Waals surface area contributed by atoms with Crippen LogP contribution in [0.2, 0.25) is 5.02 Å². The first-order chi connectivity index (χ1) is 22.5. The summed E-state index contributed by atoms with van der Waals surface area (Å²) in [4.78, 5) is 54.5. The van der Waals surface area contributed by atoms with Gasteiger partial charge in [0.25, 0.3) is 11.5 Å². The SMILES string of the molecule is COc1nc(-c2cccc(-c3cccc(NC(=O)c4cn(C)c(=O)n(C)c4=O)c3C)c2Cl)cc2c1C(NC[C@@H]1CCC(=O)N1)CC2C. The van der Waals surface area contributed by atoms with Crippen molar-refractivity contribution in [3.05, 3.63) is 96.8 Å². The van der Waals surface area contributed by atoms with Crippen molar-refractivity contribution in [2.45, 2.75) is 51.1 Å². The van der Waals surface area contributed by atoms with Gasteiger partial charge in [-0.25, -0.2) is 9.78 Å². The van der Waals surface area contributed by atoms with Crippen LogP contribution < -0.4 is 31.9 Å². The first-order valence-electron chi connectivity index (χ1n) is 15.6. The van der Waals surface area contributed by atoms with Crippen molar-refractivity contribution in [1.82, 2.24) is 24.8 Å². The maximum absolute atomic E-state index is 13.2. The third kappa shape index (κ3) is 5.96. The van der Waals surface area contributed by atoms with Crippen molar-refractivity contribution in [2.75, 3.05) is 19.0 Å². The zero-order valence-corrected chi connectivity index (χ0v) is 27.7. The van der Waals surface area contributed by atoms with E-state index < -0.39 is 17.2 Å². The minimum absolute atomic E-state index is 0.0531. The van der Waals surface area contributed by atoms with Gasteiger partial charge in [0.05, 0.1) is 17.8 Å². The lowest BCUT2D eigenvalue weighted by molar-refractivity contribution is -0.119. The molecule has 244 valence electrons. The predicted molar refractivity (Wildman–Crippen MR) is 181 cm³/mol. The van der Waals surface area contributed by atoms with Gasteiger partial charge in [-0.2, -0.15) is 0 Å². The van der Waals surface area contributed by atoms with Gasteiger partial charge in [-0.05, 0) is 54.5 Å². The molecule has 2 aliphatic rings. The molecule has 2 aromatic carbocycles. The van der Waals surface area contributed by atoms with Crippen molar-refractivity contribution in [3.8, 4) is 28.3 Å². The summed E-state index contributed by atoms with van der Waals surface area (Å²) in [5.74, 6) is 0.275. The number of carbonyl (C=O) groups is 2. The van der Waals surface area contributed by atoms with Crippen LogP contribution in [0.5, 0.6) is 5.88 Å². The van der Waals surface area contributed by atoms with Crippen LogP contribution in [-0.4, -0.2) is 45.6 Å². The predicted octanol–water partition coefficient (Wildman–Crippen LogP) is 4.45. The van der Waals surface area contributed by atoms with Gasteiger partial charge in [-0.15, -0.1) is 0 Å². The number of methoxy groups -OCH3 is 1. The number of nitrogens with one attached hydrogen (secondary N) is 3. The van der Waals surface area contributed by atoms with Crippen molar-refractivity contribution >= 4 is 29.1 Å². The van der Waals surface area contributed by atoms with Crippen molar-refractivity contribution in [3.63, 3.8) is 0 Å². The number of fused-ring (bicyclic) bond motifs is 1. The average Bonchev–Trinajstić information content (AvgIpc) is 3.63. The number of amides is 2. The van der Waals surface area contributed by atoms with Crippen LogP contribution in [0.25, 0.3) is 22.4 Å². The molecule has 11 nitrogen and oxygen atoms in total. The summed E-state index contributed by atoms with van der Waals surface area (Å²) in [5.41, 5.74) is 5.08. The molecule has 0 saturated carbocycles. The molecule has 3 N–H and O–H groups in total. The van der Waals surface area contributed by atoms with Gasteiger partial charge < -0.3 is 25.3 Å². The number of aromatic nitrogens is 3. The molecule has 2 amide bonds. The van der Waals surface area contributed by atoms with E-state index in [1.807, 2.05) is 37.3 Å². The van der Waals surface area contributed by atoms with Crippen LogP contribution in [0.4, 0.5) is 5.69 Å². The fourth-order valence-electron chi connectivity index (χ4n) is 6.65. The standard InChI is InChI=1S/C35H37ClN6O5/c1-18-14-28(37-16-20-12-13-29(43)38-20)30-24(18)15-27(40-33(30)47-5)23-10-6-9-22(31(23)36)21-8-7-11-26(19(21)2)39-32(44)25-17-41(3)35(46)42(4)34(25)45/h6-11,15,17-18,20,28,37H,12-14,16H2,1-5H3,(H,38,43)(H,39,44)/t18?,20-,28?/m0/s1. The number of aryl methyl sites for hydroxylation is 1. The number of hydrogen-bond donors (Lipinski definition) is 3. The number of hydrogen-bond acceptors (Lipinski definition) is 7. The Morgan fingerprint density at radius 3 is 2.55 bits per heavy atom. The fourth-order valence-corrected chi connectivity index (χ4v) is 6.98. The smallest absolute Gasteiger partial charge is 0.330 e. The molecule has 12 heteroatoms. The van der Waals surface area contributed by atoms with Crippen LogP contribution in [-0.2, 0) is 18.9 Å². The highest BCUT2D eigenvalue weighted by molar-refractivity contribution is 6.36. The van der Waals surface area contributed by atoms with E-state index in [2.05, 4.69) is 28.9 Å². The summed E-state index contributed by atoms with van der Waals surface area (Å²) >= 11 is 7.13. The summed E-state index contributed by atoms with van der Waals surface area (Å²) in [6, 6.07) is 13.5. The van der Waals surface area contributed by atoms with E-state index in [-0.39, 0.29) is 29.5 Å². The molecule has 0 bridgehead atoms. The zero-order valence-electron chi connectivity index (χ0n) is 26.9.